The van der Waals surface area contributed by atoms with Gasteiger partial charge >= 0.3 is 0 Å². The summed E-state index contributed by atoms with van der Waals surface area (Å²) in [6.45, 7) is 1.79. The Morgan fingerprint density at radius 3 is 2.42 bits per heavy atom. The van der Waals surface area contributed by atoms with Crippen molar-refractivity contribution >= 4 is 39.3 Å². The van der Waals surface area contributed by atoms with Crippen LogP contribution in [0.5, 0.6) is 11.5 Å². The number of ether oxygens (including phenoxy) is 2. The molecule has 0 atom stereocenters. The fourth-order valence-electron chi connectivity index (χ4n) is 3.06. The molecule has 0 bridgehead atoms. The first-order chi connectivity index (χ1) is 14.8. The summed E-state index contributed by atoms with van der Waals surface area (Å²) < 4.78 is 11.3. The number of hydrogen-bond acceptors (Lipinski definition) is 5. The Labute approximate surface area is 193 Å². The van der Waals surface area contributed by atoms with Crippen molar-refractivity contribution < 1.29 is 19.1 Å². The number of carbonyl (C=O) groups is 2. The van der Waals surface area contributed by atoms with E-state index >= 15 is 0 Å². The molecular formula is C23H20BrClN2O4. The van der Waals surface area contributed by atoms with Gasteiger partial charge < -0.3 is 9.47 Å². The van der Waals surface area contributed by atoms with E-state index < -0.39 is 11.8 Å². The maximum Gasteiger partial charge on any atom is 0.264 e. The van der Waals surface area contributed by atoms with Crippen LogP contribution in [0.3, 0.4) is 0 Å². The Morgan fingerprint density at radius 2 is 1.74 bits per heavy atom. The number of halogens is 2. The Hall–Kier alpha value is -2.90. The van der Waals surface area contributed by atoms with E-state index in [9.17, 15) is 9.59 Å². The van der Waals surface area contributed by atoms with Crippen molar-refractivity contribution in [1.29, 1.82) is 0 Å². The normalized spacial score (nSPS) is 10.5. The molecule has 2 aromatic carbocycles. The summed E-state index contributed by atoms with van der Waals surface area (Å²) >= 11 is 9.49. The lowest BCUT2D eigenvalue weighted by Crippen LogP contribution is -2.37. The predicted molar refractivity (Wildman–Crippen MR) is 122 cm³/mol. The largest absolute Gasteiger partial charge is 0.497 e. The average Bonchev–Trinajstić information content (AvgIpc) is 2.78. The van der Waals surface area contributed by atoms with E-state index in [4.69, 9.17) is 21.1 Å². The molecule has 6 nitrogen and oxygen atoms in total. The molecule has 0 saturated heterocycles. The van der Waals surface area contributed by atoms with Gasteiger partial charge in [0.05, 0.1) is 26.3 Å². The molecule has 2 amide bonds. The quantitative estimate of drug-likeness (QED) is 0.337. The van der Waals surface area contributed by atoms with Gasteiger partial charge in [-0.05, 0) is 52.7 Å². The molecule has 3 rings (SSSR count). The minimum absolute atomic E-state index is 0.0116. The van der Waals surface area contributed by atoms with Gasteiger partial charge in [-0.1, -0.05) is 29.8 Å². The second kappa shape index (κ2) is 9.94. The van der Waals surface area contributed by atoms with E-state index in [1.807, 2.05) is 19.1 Å². The van der Waals surface area contributed by atoms with Crippen LogP contribution >= 0.6 is 27.5 Å². The van der Waals surface area contributed by atoms with Crippen LogP contribution in [-0.4, -0.2) is 35.9 Å². The molecule has 0 aliphatic carbocycles. The molecule has 1 aromatic heterocycles. The van der Waals surface area contributed by atoms with Crippen molar-refractivity contribution in [3.05, 3.63) is 86.6 Å². The minimum Gasteiger partial charge on any atom is -0.497 e. The maximum absolute atomic E-state index is 13.5. The summed E-state index contributed by atoms with van der Waals surface area (Å²) in [7, 11) is 3.07. The Bertz CT molecular complexity index is 1140. The van der Waals surface area contributed by atoms with Gasteiger partial charge in [0.25, 0.3) is 11.8 Å². The zero-order chi connectivity index (χ0) is 22.5. The molecule has 0 aliphatic heterocycles. The highest BCUT2D eigenvalue weighted by Crippen LogP contribution is 2.28. The molecule has 0 aliphatic rings. The smallest absolute Gasteiger partial charge is 0.264 e. The van der Waals surface area contributed by atoms with E-state index in [1.165, 1.54) is 13.3 Å². The second-order valence-corrected chi connectivity index (χ2v) is 7.95. The van der Waals surface area contributed by atoms with Crippen molar-refractivity contribution in [1.82, 2.24) is 9.88 Å². The van der Waals surface area contributed by atoms with Gasteiger partial charge in [-0.15, -0.1) is 0 Å². The lowest BCUT2D eigenvalue weighted by molar-refractivity contribution is 0.0602. The fourth-order valence-corrected chi connectivity index (χ4v) is 3.58. The average molecular weight is 504 g/mol. The van der Waals surface area contributed by atoms with Crippen LogP contribution in [0, 0.1) is 6.92 Å². The number of benzene rings is 2. The van der Waals surface area contributed by atoms with E-state index in [1.54, 1.807) is 43.5 Å². The molecule has 0 N–H and O–H groups in total. The molecule has 3 aromatic rings. The molecule has 1 heterocycles. The van der Waals surface area contributed by atoms with Crippen molar-refractivity contribution in [2.24, 2.45) is 0 Å². The number of imide groups is 1. The van der Waals surface area contributed by atoms with Crippen molar-refractivity contribution in [2.45, 2.75) is 13.5 Å². The summed E-state index contributed by atoms with van der Waals surface area (Å²) in [6.07, 6.45) is 1.49. The first-order valence-corrected chi connectivity index (χ1v) is 10.5. The first-order valence-electron chi connectivity index (χ1n) is 9.29. The van der Waals surface area contributed by atoms with Crippen molar-refractivity contribution in [3.63, 3.8) is 0 Å². The number of amides is 2. The number of carbonyl (C=O) groups excluding carboxylic acids is 2. The maximum atomic E-state index is 13.5. The monoisotopic (exact) mass is 502 g/mol. The highest BCUT2D eigenvalue weighted by molar-refractivity contribution is 9.10. The number of pyridine rings is 1. The van der Waals surface area contributed by atoms with Crippen LogP contribution in [0.2, 0.25) is 5.15 Å². The van der Waals surface area contributed by atoms with Crippen LogP contribution in [0.15, 0.2) is 59.2 Å². The van der Waals surface area contributed by atoms with Gasteiger partial charge in [0.15, 0.2) is 0 Å². The van der Waals surface area contributed by atoms with Crippen LogP contribution in [0.1, 0.15) is 31.8 Å². The summed E-state index contributed by atoms with van der Waals surface area (Å²) in [5, 5.41) is 0.0116. The van der Waals surface area contributed by atoms with Gasteiger partial charge in [-0.3, -0.25) is 14.5 Å². The van der Waals surface area contributed by atoms with E-state index in [0.29, 0.717) is 27.1 Å². The minimum atomic E-state index is -0.565. The molecule has 160 valence electrons. The third-order valence-electron chi connectivity index (χ3n) is 4.72. The Morgan fingerprint density at radius 1 is 1.03 bits per heavy atom. The Kier molecular flexibility index (Phi) is 7.30. The summed E-state index contributed by atoms with van der Waals surface area (Å²) in [6, 6.07) is 13.8. The molecule has 0 spiro atoms. The lowest BCUT2D eigenvalue weighted by Gasteiger charge is -2.23. The Balaban J connectivity index is 2.09. The van der Waals surface area contributed by atoms with Gasteiger partial charge in [0.2, 0.25) is 0 Å². The topological polar surface area (TPSA) is 68.7 Å². The lowest BCUT2D eigenvalue weighted by atomic mass is 10.1. The summed E-state index contributed by atoms with van der Waals surface area (Å²) in [5.41, 5.74) is 1.93. The highest BCUT2D eigenvalue weighted by Gasteiger charge is 2.28. The second-order valence-electron chi connectivity index (χ2n) is 6.68. The predicted octanol–water partition coefficient (Wildman–Crippen LogP) is 5.31. The van der Waals surface area contributed by atoms with E-state index in [0.717, 1.165) is 10.5 Å². The number of aryl methyl sites for hydroxylation is 1. The number of hydrogen-bond donors (Lipinski definition) is 0. The van der Waals surface area contributed by atoms with Crippen LogP contribution in [0.4, 0.5) is 0 Å². The van der Waals surface area contributed by atoms with Gasteiger partial charge in [-0.25, -0.2) is 4.98 Å². The van der Waals surface area contributed by atoms with Crippen molar-refractivity contribution in [3.8, 4) is 11.5 Å². The van der Waals surface area contributed by atoms with Crippen LogP contribution in [-0.2, 0) is 6.54 Å². The van der Waals surface area contributed by atoms with Gasteiger partial charge in [0.1, 0.15) is 16.7 Å². The molecule has 0 unspecified atom stereocenters. The number of methoxy groups -OCH3 is 2. The number of aromatic nitrogens is 1. The third-order valence-corrected chi connectivity index (χ3v) is 5.46. The summed E-state index contributed by atoms with van der Waals surface area (Å²) in [4.78, 5) is 32.1. The number of nitrogens with zero attached hydrogens (tertiary/aromatic N) is 2. The summed E-state index contributed by atoms with van der Waals surface area (Å²) in [5.74, 6) is 0.0816. The molecule has 0 fully saturated rings. The molecule has 31 heavy (non-hydrogen) atoms. The van der Waals surface area contributed by atoms with Gasteiger partial charge in [0, 0.05) is 27.9 Å². The molecule has 0 saturated carbocycles. The number of rotatable bonds is 6. The van der Waals surface area contributed by atoms with Crippen LogP contribution < -0.4 is 9.47 Å². The molecule has 0 radical (unpaired) electrons. The zero-order valence-electron chi connectivity index (χ0n) is 17.2. The van der Waals surface area contributed by atoms with Crippen LogP contribution in [0.25, 0.3) is 0 Å². The van der Waals surface area contributed by atoms with Gasteiger partial charge in [-0.2, -0.15) is 0 Å². The fraction of sp³-hybridized carbons (Fsp3) is 0.174. The third kappa shape index (κ3) is 5.06. The molecular weight excluding hydrogens is 484 g/mol. The zero-order valence-corrected chi connectivity index (χ0v) is 19.5. The highest BCUT2D eigenvalue weighted by atomic mass is 79.9. The molecule has 8 heteroatoms. The van der Waals surface area contributed by atoms with E-state index in [-0.39, 0.29) is 17.3 Å². The SMILES string of the molecule is COc1ccc(CN(C(=O)c2ccccc2C)C(=O)c2cc(Br)cnc2Cl)c(OC)c1. The van der Waals surface area contributed by atoms with Crippen molar-refractivity contribution in [2.75, 3.05) is 14.2 Å². The first kappa shape index (κ1) is 22.8. The standard InChI is InChI=1S/C23H20BrClN2O4/c1-14-6-4-5-7-18(14)22(28)27(23(29)19-10-16(24)12-26-21(19)25)13-15-8-9-17(30-2)11-20(15)31-3/h4-12H,13H2,1-3H3. The van der Waals surface area contributed by atoms with E-state index in [2.05, 4.69) is 20.9 Å².